The molecule has 0 aromatic heterocycles. The number of ether oxygens (including phenoxy) is 1. The summed E-state index contributed by atoms with van der Waals surface area (Å²) in [6.07, 6.45) is 0. The molecule has 0 bridgehead atoms. The molecule has 2 amide bonds. The second-order valence-electron chi connectivity index (χ2n) is 7.06. The Bertz CT molecular complexity index is 587. The van der Waals surface area contributed by atoms with Crippen LogP contribution >= 0.6 is 0 Å². The third-order valence-corrected chi connectivity index (χ3v) is 3.28. The van der Waals surface area contributed by atoms with Gasteiger partial charge in [-0.3, -0.25) is 14.5 Å². The van der Waals surface area contributed by atoms with Crippen LogP contribution in [-0.4, -0.2) is 67.5 Å². The van der Waals surface area contributed by atoms with Gasteiger partial charge < -0.3 is 15.0 Å². The maximum atomic E-state index is 13.4. The number of likely N-dealkylation sites (N-methyl/N-ethyl adjacent to an activating group) is 2. The summed E-state index contributed by atoms with van der Waals surface area (Å²) in [5, 5.41) is 2.85. The van der Waals surface area contributed by atoms with E-state index in [4.69, 9.17) is 4.74 Å². The topological polar surface area (TPSA) is 61.9 Å². The SMILES string of the molecule is CN(CC(=O)NC(C)(C)C)CC(=O)N(C)CCOc1ccccc1F. The molecule has 1 aromatic rings. The van der Waals surface area contributed by atoms with Crippen molar-refractivity contribution in [3.63, 3.8) is 0 Å². The Hall–Kier alpha value is -2.15. The van der Waals surface area contributed by atoms with Crippen molar-refractivity contribution < 1.29 is 18.7 Å². The van der Waals surface area contributed by atoms with Crippen LogP contribution < -0.4 is 10.1 Å². The fourth-order valence-corrected chi connectivity index (χ4v) is 2.09. The number of nitrogens with one attached hydrogen (secondary N) is 1. The molecule has 0 radical (unpaired) electrons. The number of halogens is 1. The molecule has 0 atom stereocenters. The Balaban J connectivity index is 2.33. The second-order valence-corrected chi connectivity index (χ2v) is 7.06. The van der Waals surface area contributed by atoms with Crippen LogP contribution in [-0.2, 0) is 9.59 Å². The minimum absolute atomic E-state index is 0.119. The lowest BCUT2D eigenvalue weighted by Gasteiger charge is -2.24. The van der Waals surface area contributed by atoms with E-state index in [2.05, 4.69) is 5.32 Å². The molecule has 0 unspecified atom stereocenters. The first kappa shape index (κ1) is 20.9. The largest absolute Gasteiger partial charge is 0.489 e. The zero-order valence-corrected chi connectivity index (χ0v) is 15.6. The lowest BCUT2D eigenvalue weighted by atomic mass is 10.1. The van der Waals surface area contributed by atoms with Crippen LogP contribution in [0.4, 0.5) is 4.39 Å². The molecule has 6 nitrogen and oxygen atoms in total. The summed E-state index contributed by atoms with van der Waals surface area (Å²) in [7, 11) is 3.36. The number of benzene rings is 1. The summed E-state index contributed by atoms with van der Waals surface area (Å²) < 4.78 is 18.8. The maximum Gasteiger partial charge on any atom is 0.236 e. The van der Waals surface area contributed by atoms with E-state index in [1.165, 1.54) is 11.0 Å². The average Bonchev–Trinajstić information content (AvgIpc) is 2.46. The molecular formula is C18H28FN3O3. The Morgan fingerprint density at radius 2 is 1.80 bits per heavy atom. The van der Waals surface area contributed by atoms with Crippen molar-refractivity contribution in [2.24, 2.45) is 0 Å². The van der Waals surface area contributed by atoms with Crippen LogP contribution in [0.25, 0.3) is 0 Å². The van der Waals surface area contributed by atoms with Crippen molar-refractivity contribution in [2.45, 2.75) is 26.3 Å². The normalized spacial score (nSPS) is 11.3. The van der Waals surface area contributed by atoms with Gasteiger partial charge in [0, 0.05) is 12.6 Å². The molecule has 0 spiro atoms. The first-order chi connectivity index (χ1) is 11.6. The molecule has 1 N–H and O–H groups in total. The monoisotopic (exact) mass is 353 g/mol. The average molecular weight is 353 g/mol. The zero-order valence-electron chi connectivity index (χ0n) is 15.6. The number of rotatable bonds is 8. The van der Waals surface area contributed by atoms with Gasteiger partial charge in [0.1, 0.15) is 6.61 Å². The summed E-state index contributed by atoms with van der Waals surface area (Å²) in [5.41, 5.74) is -0.303. The van der Waals surface area contributed by atoms with Crippen LogP contribution in [0.2, 0.25) is 0 Å². The molecule has 1 aromatic carbocycles. The van der Waals surface area contributed by atoms with Gasteiger partial charge >= 0.3 is 0 Å². The second kappa shape index (κ2) is 9.36. The quantitative estimate of drug-likeness (QED) is 0.770. The van der Waals surface area contributed by atoms with E-state index in [1.807, 2.05) is 20.8 Å². The van der Waals surface area contributed by atoms with Crippen LogP contribution in [0.1, 0.15) is 20.8 Å². The van der Waals surface area contributed by atoms with Gasteiger partial charge in [-0.25, -0.2) is 4.39 Å². The minimum atomic E-state index is -0.430. The molecule has 0 fully saturated rings. The van der Waals surface area contributed by atoms with Gasteiger partial charge in [-0.1, -0.05) is 12.1 Å². The molecule has 7 heteroatoms. The van der Waals surface area contributed by atoms with E-state index >= 15 is 0 Å². The first-order valence-electron chi connectivity index (χ1n) is 8.19. The fourth-order valence-electron chi connectivity index (χ4n) is 2.09. The highest BCUT2D eigenvalue weighted by atomic mass is 19.1. The molecule has 0 aliphatic heterocycles. The molecule has 0 saturated carbocycles. The molecule has 0 aliphatic rings. The Morgan fingerprint density at radius 1 is 1.16 bits per heavy atom. The van der Waals surface area contributed by atoms with Crippen molar-refractivity contribution >= 4 is 11.8 Å². The van der Waals surface area contributed by atoms with E-state index in [0.717, 1.165) is 0 Å². The number of para-hydroxylation sites is 1. The third-order valence-electron chi connectivity index (χ3n) is 3.28. The number of hydrogen-bond donors (Lipinski definition) is 1. The Labute approximate surface area is 148 Å². The van der Waals surface area contributed by atoms with Crippen LogP contribution in [0.3, 0.4) is 0 Å². The molecule has 0 aliphatic carbocycles. The summed E-state index contributed by atoms with van der Waals surface area (Å²) in [6.45, 7) is 6.49. The van der Waals surface area contributed by atoms with Crippen molar-refractivity contribution in [3.05, 3.63) is 30.1 Å². The van der Waals surface area contributed by atoms with Crippen molar-refractivity contribution in [3.8, 4) is 5.75 Å². The van der Waals surface area contributed by atoms with Gasteiger partial charge in [0.15, 0.2) is 11.6 Å². The summed E-state index contributed by atoms with van der Waals surface area (Å²) >= 11 is 0. The predicted octanol–water partition coefficient (Wildman–Crippen LogP) is 1.51. The highest BCUT2D eigenvalue weighted by Crippen LogP contribution is 2.14. The lowest BCUT2D eigenvalue weighted by Crippen LogP contribution is -2.47. The molecule has 0 heterocycles. The maximum absolute atomic E-state index is 13.4. The van der Waals surface area contributed by atoms with E-state index in [0.29, 0.717) is 6.54 Å². The van der Waals surface area contributed by atoms with Gasteiger partial charge in [0.05, 0.1) is 19.6 Å². The van der Waals surface area contributed by atoms with Crippen LogP contribution in [0.5, 0.6) is 5.75 Å². The predicted molar refractivity (Wildman–Crippen MR) is 94.9 cm³/mol. The van der Waals surface area contributed by atoms with E-state index < -0.39 is 5.82 Å². The smallest absolute Gasteiger partial charge is 0.236 e. The van der Waals surface area contributed by atoms with Gasteiger partial charge in [-0.15, -0.1) is 0 Å². The fraction of sp³-hybridized carbons (Fsp3) is 0.556. The van der Waals surface area contributed by atoms with E-state index in [-0.39, 0.29) is 42.8 Å². The van der Waals surface area contributed by atoms with Gasteiger partial charge in [-0.05, 0) is 40.0 Å². The molecule has 140 valence electrons. The highest BCUT2D eigenvalue weighted by molar-refractivity contribution is 5.81. The van der Waals surface area contributed by atoms with Crippen molar-refractivity contribution in [1.29, 1.82) is 0 Å². The summed E-state index contributed by atoms with van der Waals surface area (Å²) in [6, 6.07) is 6.13. The number of carbonyl (C=O) groups excluding carboxylic acids is 2. The summed E-state index contributed by atoms with van der Waals surface area (Å²) in [5.74, 6) is -0.531. The van der Waals surface area contributed by atoms with Gasteiger partial charge in [0.25, 0.3) is 0 Å². The van der Waals surface area contributed by atoms with Crippen molar-refractivity contribution in [1.82, 2.24) is 15.1 Å². The number of amides is 2. The van der Waals surface area contributed by atoms with Crippen molar-refractivity contribution in [2.75, 3.05) is 40.3 Å². The number of hydrogen-bond acceptors (Lipinski definition) is 4. The Morgan fingerprint density at radius 3 is 2.40 bits per heavy atom. The number of nitrogens with zero attached hydrogens (tertiary/aromatic N) is 2. The minimum Gasteiger partial charge on any atom is -0.489 e. The first-order valence-corrected chi connectivity index (χ1v) is 8.19. The summed E-state index contributed by atoms with van der Waals surface area (Å²) in [4.78, 5) is 27.1. The highest BCUT2D eigenvalue weighted by Gasteiger charge is 2.17. The molecular weight excluding hydrogens is 325 g/mol. The molecule has 1 rings (SSSR count). The lowest BCUT2D eigenvalue weighted by molar-refractivity contribution is -0.132. The van der Waals surface area contributed by atoms with E-state index in [1.54, 1.807) is 37.2 Å². The zero-order chi connectivity index (χ0) is 19.0. The van der Waals surface area contributed by atoms with Crippen LogP contribution in [0, 0.1) is 5.82 Å². The van der Waals surface area contributed by atoms with Crippen LogP contribution in [0.15, 0.2) is 24.3 Å². The molecule has 25 heavy (non-hydrogen) atoms. The van der Waals surface area contributed by atoms with E-state index in [9.17, 15) is 14.0 Å². The third kappa shape index (κ3) is 8.49. The van der Waals surface area contributed by atoms with Gasteiger partial charge in [-0.2, -0.15) is 0 Å². The standard InChI is InChI=1S/C18H28FN3O3/c1-18(2,3)20-16(23)12-21(4)13-17(24)22(5)10-11-25-15-9-7-6-8-14(15)19/h6-9H,10-13H2,1-5H3,(H,20,23). The Kier molecular flexibility index (Phi) is 7.83. The molecule has 0 saturated heterocycles. The number of carbonyl (C=O) groups is 2. The van der Waals surface area contributed by atoms with Gasteiger partial charge in [0.2, 0.25) is 11.8 Å².